The minimum absolute atomic E-state index is 0.168. The third-order valence-electron chi connectivity index (χ3n) is 2.42. The predicted molar refractivity (Wildman–Crippen MR) is 62.8 cm³/mol. The van der Waals surface area contributed by atoms with Gasteiger partial charge in [-0.05, 0) is 23.8 Å². The molecule has 2 aromatic rings. The van der Waals surface area contributed by atoms with Crippen LogP contribution >= 0.6 is 0 Å². The van der Waals surface area contributed by atoms with E-state index in [0.29, 0.717) is 6.07 Å². The van der Waals surface area contributed by atoms with Gasteiger partial charge in [0, 0.05) is 12.6 Å². The summed E-state index contributed by atoms with van der Waals surface area (Å²) < 4.78 is 26.0. The number of amides is 1. The molecule has 0 saturated carbocycles. The summed E-state index contributed by atoms with van der Waals surface area (Å²) in [7, 11) is 0. The Kier molecular flexibility index (Phi) is 3.67. The molecule has 1 radical (unpaired) electrons. The van der Waals surface area contributed by atoms with Crippen molar-refractivity contribution in [2.24, 2.45) is 0 Å². The molecular weight excluding hydrogens is 236 g/mol. The van der Waals surface area contributed by atoms with E-state index in [4.69, 9.17) is 0 Å². The molecule has 0 unspecified atom stereocenters. The summed E-state index contributed by atoms with van der Waals surface area (Å²) in [5.41, 5.74) is 0.712. The fourth-order valence-electron chi connectivity index (χ4n) is 1.49. The molecule has 1 amide bonds. The van der Waals surface area contributed by atoms with Crippen molar-refractivity contribution in [2.45, 2.75) is 6.54 Å². The van der Waals surface area contributed by atoms with E-state index in [1.54, 1.807) is 24.3 Å². The highest BCUT2D eigenvalue weighted by Crippen LogP contribution is 2.09. The van der Waals surface area contributed by atoms with Crippen LogP contribution in [0.4, 0.5) is 8.78 Å². The van der Waals surface area contributed by atoms with E-state index in [2.05, 4.69) is 11.4 Å². The Morgan fingerprint density at radius 1 is 1.17 bits per heavy atom. The molecule has 2 aromatic carbocycles. The van der Waals surface area contributed by atoms with Gasteiger partial charge in [-0.15, -0.1) is 0 Å². The zero-order valence-corrected chi connectivity index (χ0v) is 9.41. The van der Waals surface area contributed by atoms with Crippen molar-refractivity contribution >= 4 is 5.91 Å². The second kappa shape index (κ2) is 5.40. The molecule has 0 fully saturated rings. The number of hydrogen-bond donors (Lipinski definition) is 1. The van der Waals surface area contributed by atoms with Crippen LogP contribution in [0.25, 0.3) is 0 Å². The van der Waals surface area contributed by atoms with Crippen LogP contribution in [-0.2, 0) is 6.54 Å². The average Bonchev–Trinajstić information content (AvgIpc) is 2.37. The first-order valence-corrected chi connectivity index (χ1v) is 5.35. The highest BCUT2D eigenvalue weighted by Gasteiger charge is 2.11. The van der Waals surface area contributed by atoms with Gasteiger partial charge >= 0.3 is 0 Å². The Hall–Kier alpha value is -2.23. The van der Waals surface area contributed by atoms with Crippen LogP contribution < -0.4 is 5.32 Å². The van der Waals surface area contributed by atoms with Crippen LogP contribution in [0, 0.1) is 17.7 Å². The van der Waals surface area contributed by atoms with Crippen molar-refractivity contribution in [2.75, 3.05) is 0 Å². The summed E-state index contributed by atoms with van der Waals surface area (Å²) in [6, 6.07) is 12.7. The van der Waals surface area contributed by atoms with Crippen molar-refractivity contribution in [3.63, 3.8) is 0 Å². The van der Waals surface area contributed by atoms with Gasteiger partial charge in [0.2, 0.25) is 0 Å². The van der Waals surface area contributed by atoms with E-state index < -0.39 is 17.5 Å². The van der Waals surface area contributed by atoms with Crippen LogP contribution in [0.15, 0.2) is 42.5 Å². The van der Waals surface area contributed by atoms with Gasteiger partial charge < -0.3 is 5.32 Å². The maximum Gasteiger partial charge on any atom is 0.254 e. The van der Waals surface area contributed by atoms with Crippen molar-refractivity contribution in [1.82, 2.24) is 5.32 Å². The van der Waals surface area contributed by atoms with E-state index >= 15 is 0 Å². The molecule has 0 spiro atoms. The molecule has 0 bridgehead atoms. The monoisotopic (exact) mass is 246 g/mol. The Labute approximate surface area is 103 Å². The molecule has 0 atom stereocenters. The van der Waals surface area contributed by atoms with E-state index in [0.717, 1.165) is 17.7 Å². The van der Waals surface area contributed by atoms with Crippen LogP contribution in [0.1, 0.15) is 15.9 Å². The molecule has 2 nitrogen and oxygen atoms in total. The maximum absolute atomic E-state index is 13.3. The van der Waals surface area contributed by atoms with Crippen molar-refractivity contribution in [3.8, 4) is 0 Å². The molecule has 2 rings (SSSR count). The lowest BCUT2D eigenvalue weighted by Crippen LogP contribution is -2.23. The van der Waals surface area contributed by atoms with Crippen LogP contribution in [-0.4, -0.2) is 5.91 Å². The lowest BCUT2D eigenvalue weighted by Gasteiger charge is -2.06. The summed E-state index contributed by atoms with van der Waals surface area (Å²) >= 11 is 0. The van der Waals surface area contributed by atoms with Gasteiger partial charge in [-0.2, -0.15) is 0 Å². The number of rotatable bonds is 3. The molecular formula is C14H10F2NO. The summed E-state index contributed by atoms with van der Waals surface area (Å²) in [6.07, 6.45) is 0. The molecule has 0 aliphatic carbocycles. The molecule has 18 heavy (non-hydrogen) atoms. The number of hydrogen-bond acceptors (Lipinski definition) is 1. The quantitative estimate of drug-likeness (QED) is 0.886. The van der Waals surface area contributed by atoms with Crippen molar-refractivity contribution < 1.29 is 13.6 Å². The van der Waals surface area contributed by atoms with Gasteiger partial charge in [-0.1, -0.05) is 24.3 Å². The summed E-state index contributed by atoms with van der Waals surface area (Å²) in [4.78, 5) is 11.7. The molecule has 91 valence electrons. The number of halogens is 2. The molecule has 4 heteroatoms. The number of nitrogens with one attached hydrogen (secondary N) is 1. The van der Waals surface area contributed by atoms with E-state index in [1.807, 2.05) is 0 Å². The molecule has 0 aliphatic rings. The standard InChI is InChI=1S/C14H10F2NO/c15-11-6-7-12(13(16)8-11)14(18)17-9-10-4-2-1-3-5-10/h2-8H,9H2,(H,17,18). The Balaban J connectivity index is 2.04. The van der Waals surface area contributed by atoms with Crippen LogP contribution in [0.3, 0.4) is 0 Å². The van der Waals surface area contributed by atoms with Gasteiger partial charge in [0.1, 0.15) is 11.6 Å². The second-order valence-electron chi connectivity index (χ2n) is 3.72. The van der Waals surface area contributed by atoms with E-state index in [9.17, 15) is 13.6 Å². The lowest BCUT2D eigenvalue weighted by molar-refractivity contribution is 0.0947. The third kappa shape index (κ3) is 2.91. The zero-order valence-electron chi connectivity index (χ0n) is 9.41. The topological polar surface area (TPSA) is 29.1 Å². The number of carbonyl (C=O) groups excluding carboxylic acids is 1. The average molecular weight is 246 g/mol. The second-order valence-corrected chi connectivity index (χ2v) is 3.72. The normalized spacial score (nSPS) is 10.1. The Bertz CT molecular complexity index is 555. The first-order valence-electron chi connectivity index (χ1n) is 5.35. The maximum atomic E-state index is 13.3. The SMILES string of the molecule is O=C(NCc1cc[c]cc1)c1ccc(F)cc1F. The number of benzene rings is 2. The Morgan fingerprint density at radius 2 is 1.89 bits per heavy atom. The van der Waals surface area contributed by atoms with Crippen LogP contribution in [0.5, 0.6) is 0 Å². The smallest absolute Gasteiger partial charge is 0.254 e. The highest BCUT2D eigenvalue weighted by molar-refractivity contribution is 5.94. The summed E-state index contributed by atoms with van der Waals surface area (Å²) in [6.45, 7) is 0.282. The predicted octanol–water partition coefficient (Wildman–Crippen LogP) is 2.69. The van der Waals surface area contributed by atoms with Crippen molar-refractivity contribution in [3.05, 3.63) is 71.3 Å². The van der Waals surface area contributed by atoms with Crippen molar-refractivity contribution in [1.29, 1.82) is 0 Å². The first-order chi connectivity index (χ1) is 8.66. The number of carbonyl (C=O) groups is 1. The van der Waals surface area contributed by atoms with Gasteiger partial charge in [-0.3, -0.25) is 4.79 Å². The van der Waals surface area contributed by atoms with Crippen LogP contribution in [0.2, 0.25) is 0 Å². The fraction of sp³-hybridized carbons (Fsp3) is 0.0714. The molecule has 0 aliphatic heterocycles. The third-order valence-corrected chi connectivity index (χ3v) is 2.42. The minimum atomic E-state index is -0.867. The minimum Gasteiger partial charge on any atom is -0.348 e. The van der Waals surface area contributed by atoms with Gasteiger partial charge in [0.15, 0.2) is 0 Å². The highest BCUT2D eigenvalue weighted by atomic mass is 19.1. The molecule has 0 heterocycles. The van der Waals surface area contributed by atoms with E-state index in [1.165, 1.54) is 0 Å². The van der Waals surface area contributed by atoms with Gasteiger partial charge in [0.05, 0.1) is 5.56 Å². The van der Waals surface area contributed by atoms with Gasteiger partial charge in [-0.25, -0.2) is 8.78 Å². The summed E-state index contributed by atoms with van der Waals surface area (Å²) in [5, 5.41) is 2.56. The molecule has 1 N–H and O–H groups in total. The summed E-state index contributed by atoms with van der Waals surface area (Å²) in [5.74, 6) is -2.14. The Morgan fingerprint density at radius 3 is 2.56 bits per heavy atom. The largest absolute Gasteiger partial charge is 0.348 e. The zero-order chi connectivity index (χ0) is 13.0. The first kappa shape index (κ1) is 12.2. The fourth-order valence-corrected chi connectivity index (χ4v) is 1.49. The van der Waals surface area contributed by atoms with E-state index in [-0.39, 0.29) is 12.1 Å². The molecule has 0 saturated heterocycles. The van der Waals surface area contributed by atoms with Gasteiger partial charge in [0.25, 0.3) is 5.91 Å². The lowest BCUT2D eigenvalue weighted by atomic mass is 10.2. The molecule has 0 aromatic heterocycles.